The molecule has 0 spiro atoms. The molecule has 0 aromatic heterocycles. The van der Waals surface area contributed by atoms with E-state index in [0.717, 1.165) is 32.5 Å². The summed E-state index contributed by atoms with van der Waals surface area (Å²) in [5, 5.41) is 0. The SMILES string of the molecule is CN(C)CCN(C[C@@H]1CCCN(Cc2ccccc2F)C1)C(=O)c1ccc(F)cc1. The molecule has 1 atom stereocenters. The molecule has 1 aliphatic heterocycles. The van der Waals surface area contributed by atoms with Crippen molar-refractivity contribution in [2.75, 3.05) is 46.8 Å². The molecule has 30 heavy (non-hydrogen) atoms. The molecule has 0 N–H and O–H groups in total. The Morgan fingerprint density at radius 1 is 1.07 bits per heavy atom. The van der Waals surface area contributed by atoms with Crippen LogP contribution >= 0.6 is 0 Å². The molecule has 1 heterocycles. The summed E-state index contributed by atoms with van der Waals surface area (Å²) in [7, 11) is 3.97. The molecule has 1 saturated heterocycles. The maximum absolute atomic E-state index is 14.0. The predicted molar refractivity (Wildman–Crippen MR) is 115 cm³/mol. The zero-order valence-corrected chi connectivity index (χ0v) is 17.9. The van der Waals surface area contributed by atoms with Gasteiger partial charge in [0.05, 0.1) is 0 Å². The lowest BCUT2D eigenvalue weighted by atomic mass is 9.96. The van der Waals surface area contributed by atoms with E-state index in [1.54, 1.807) is 18.2 Å². The number of amides is 1. The number of carbonyl (C=O) groups excluding carboxylic acids is 1. The molecule has 0 unspecified atom stereocenters. The van der Waals surface area contributed by atoms with Crippen molar-refractivity contribution in [2.45, 2.75) is 19.4 Å². The first-order valence-electron chi connectivity index (χ1n) is 10.6. The number of benzene rings is 2. The molecule has 4 nitrogen and oxygen atoms in total. The van der Waals surface area contributed by atoms with E-state index < -0.39 is 0 Å². The largest absolute Gasteiger partial charge is 0.337 e. The standard InChI is InChI=1S/C24H31F2N3O/c1-27(2)14-15-29(24(30)20-9-11-22(25)12-10-20)17-19-6-5-13-28(16-19)18-21-7-3-4-8-23(21)26/h3-4,7-12,19H,5-6,13-18H2,1-2H3/t19-/m1/s1. The lowest BCUT2D eigenvalue weighted by molar-refractivity contribution is 0.0660. The van der Waals surface area contributed by atoms with Crippen LogP contribution in [0.15, 0.2) is 48.5 Å². The number of likely N-dealkylation sites (tertiary alicyclic amines) is 1. The number of piperidine rings is 1. The van der Waals surface area contributed by atoms with Gasteiger partial charge in [-0.05, 0) is 69.7 Å². The van der Waals surface area contributed by atoms with Crippen molar-refractivity contribution in [1.82, 2.24) is 14.7 Å². The van der Waals surface area contributed by atoms with Crippen LogP contribution < -0.4 is 0 Å². The maximum Gasteiger partial charge on any atom is 0.253 e. The number of carbonyl (C=O) groups is 1. The molecule has 0 saturated carbocycles. The van der Waals surface area contributed by atoms with Gasteiger partial charge in [-0.15, -0.1) is 0 Å². The van der Waals surface area contributed by atoms with Crippen molar-refractivity contribution in [3.63, 3.8) is 0 Å². The Hall–Kier alpha value is -2.31. The first-order valence-corrected chi connectivity index (χ1v) is 10.6. The molecule has 3 rings (SSSR count). The molecule has 0 aliphatic carbocycles. The monoisotopic (exact) mass is 415 g/mol. The molecule has 162 valence electrons. The maximum atomic E-state index is 14.0. The molecule has 2 aromatic rings. The van der Waals surface area contributed by atoms with Crippen molar-refractivity contribution in [1.29, 1.82) is 0 Å². The van der Waals surface area contributed by atoms with Gasteiger partial charge in [-0.25, -0.2) is 8.78 Å². The van der Waals surface area contributed by atoms with Crippen LogP contribution in [0.4, 0.5) is 8.78 Å². The van der Waals surface area contributed by atoms with E-state index in [1.165, 1.54) is 18.2 Å². The molecule has 0 bridgehead atoms. The highest BCUT2D eigenvalue weighted by molar-refractivity contribution is 5.94. The topological polar surface area (TPSA) is 26.8 Å². The lowest BCUT2D eigenvalue weighted by Crippen LogP contribution is -2.44. The molecule has 2 aromatic carbocycles. The third kappa shape index (κ3) is 6.34. The van der Waals surface area contributed by atoms with Crippen LogP contribution in [0.5, 0.6) is 0 Å². The number of hydrogen-bond acceptors (Lipinski definition) is 3. The Morgan fingerprint density at radius 2 is 1.80 bits per heavy atom. The zero-order chi connectivity index (χ0) is 21.5. The van der Waals surface area contributed by atoms with E-state index in [0.29, 0.717) is 36.7 Å². The zero-order valence-electron chi connectivity index (χ0n) is 17.9. The van der Waals surface area contributed by atoms with Crippen molar-refractivity contribution in [3.8, 4) is 0 Å². The number of hydrogen-bond donors (Lipinski definition) is 0. The summed E-state index contributed by atoms with van der Waals surface area (Å²) in [6.45, 7) is 4.40. The van der Waals surface area contributed by atoms with E-state index in [-0.39, 0.29) is 17.5 Å². The summed E-state index contributed by atoms with van der Waals surface area (Å²) >= 11 is 0. The molecule has 1 aliphatic rings. The van der Waals surface area contributed by atoms with Gasteiger partial charge < -0.3 is 9.80 Å². The van der Waals surface area contributed by atoms with Crippen LogP contribution in [0.2, 0.25) is 0 Å². The summed E-state index contributed by atoms with van der Waals surface area (Å²) in [4.78, 5) is 19.3. The second-order valence-corrected chi connectivity index (χ2v) is 8.40. The van der Waals surface area contributed by atoms with Crippen molar-refractivity contribution < 1.29 is 13.6 Å². The smallest absolute Gasteiger partial charge is 0.253 e. The second kappa shape index (κ2) is 10.6. The Kier molecular flexibility index (Phi) is 7.94. The third-order valence-corrected chi connectivity index (χ3v) is 5.63. The number of halogens is 2. The highest BCUT2D eigenvalue weighted by atomic mass is 19.1. The minimum Gasteiger partial charge on any atom is -0.337 e. The fourth-order valence-electron chi connectivity index (χ4n) is 3.99. The summed E-state index contributed by atoms with van der Waals surface area (Å²) in [6.07, 6.45) is 2.08. The van der Waals surface area contributed by atoms with Gasteiger partial charge in [0, 0.05) is 43.9 Å². The molecular formula is C24H31F2N3O. The van der Waals surface area contributed by atoms with Crippen LogP contribution in [0, 0.1) is 17.6 Å². The fraction of sp³-hybridized carbons (Fsp3) is 0.458. The average Bonchev–Trinajstić information content (AvgIpc) is 2.73. The van der Waals surface area contributed by atoms with Gasteiger partial charge in [0.25, 0.3) is 5.91 Å². The normalized spacial score (nSPS) is 17.3. The lowest BCUT2D eigenvalue weighted by Gasteiger charge is -2.36. The molecule has 1 fully saturated rings. The Bertz CT molecular complexity index is 825. The van der Waals surface area contributed by atoms with Crippen LogP contribution in [-0.2, 0) is 6.54 Å². The third-order valence-electron chi connectivity index (χ3n) is 5.63. The van der Waals surface area contributed by atoms with Crippen LogP contribution in [0.3, 0.4) is 0 Å². The quantitative estimate of drug-likeness (QED) is 0.655. The van der Waals surface area contributed by atoms with Gasteiger partial charge in [0.2, 0.25) is 0 Å². The average molecular weight is 416 g/mol. The molecular weight excluding hydrogens is 384 g/mol. The van der Waals surface area contributed by atoms with Crippen molar-refractivity contribution in [2.24, 2.45) is 5.92 Å². The Morgan fingerprint density at radius 3 is 2.50 bits per heavy atom. The van der Waals surface area contributed by atoms with Crippen molar-refractivity contribution >= 4 is 5.91 Å². The van der Waals surface area contributed by atoms with Crippen LogP contribution in [-0.4, -0.2) is 67.4 Å². The molecule has 1 amide bonds. The Labute approximate surface area is 178 Å². The van der Waals surface area contributed by atoms with E-state index in [2.05, 4.69) is 9.80 Å². The highest BCUT2D eigenvalue weighted by Gasteiger charge is 2.25. The summed E-state index contributed by atoms with van der Waals surface area (Å²) < 4.78 is 27.3. The molecule has 0 radical (unpaired) electrons. The van der Waals surface area contributed by atoms with Gasteiger partial charge in [-0.3, -0.25) is 9.69 Å². The number of nitrogens with zero attached hydrogens (tertiary/aromatic N) is 3. The summed E-state index contributed by atoms with van der Waals surface area (Å²) in [6, 6.07) is 12.7. The second-order valence-electron chi connectivity index (χ2n) is 8.40. The van der Waals surface area contributed by atoms with Gasteiger partial charge in [-0.1, -0.05) is 18.2 Å². The van der Waals surface area contributed by atoms with Crippen molar-refractivity contribution in [3.05, 3.63) is 71.3 Å². The van der Waals surface area contributed by atoms with E-state index in [1.807, 2.05) is 31.1 Å². The van der Waals surface area contributed by atoms with Gasteiger partial charge in [0.1, 0.15) is 11.6 Å². The van der Waals surface area contributed by atoms with E-state index in [4.69, 9.17) is 0 Å². The van der Waals surface area contributed by atoms with E-state index >= 15 is 0 Å². The first kappa shape index (κ1) is 22.4. The first-order chi connectivity index (χ1) is 14.4. The number of likely N-dealkylation sites (N-methyl/N-ethyl adjacent to an activating group) is 1. The minimum atomic E-state index is -0.345. The predicted octanol–water partition coefficient (Wildman–Crippen LogP) is 3.88. The van der Waals surface area contributed by atoms with Gasteiger partial charge in [-0.2, -0.15) is 0 Å². The molecule has 6 heteroatoms. The Balaban J connectivity index is 1.66. The van der Waals surface area contributed by atoms with E-state index in [9.17, 15) is 13.6 Å². The number of rotatable bonds is 8. The summed E-state index contributed by atoms with van der Waals surface area (Å²) in [5.74, 6) is -0.249. The van der Waals surface area contributed by atoms with Gasteiger partial charge in [0.15, 0.2) is 0 Å². The van der Waals surface area contributed by atoms with Crippen LogP contribution in [0.1, 0.15) is 28.8 Å². The summed E-state index contributed by atoms with van der Waals surface area (Å²) in [5.41, 5.74) is 1.22. The van der Waals surface area contributed by atoms with Gasteiger partial charge >= 0.3 is 0 Å². The fourth-order valence-corrected chi connectivity index (χ4v) is 3.99. The minimum absolute atomic E-state index is 0.0666. The highest BCUT2D eigenvalue weighted by Crippen LogP contribution is 2.21. The van der Waals surface area contributed by atoms with Crippen LogP contribution in [0.25, 0.3) is 0 Å².